The maximum atomic E-state index is 14.4. The van der Waals surface area contributed by atoms with Crippen molar-refractivity contribution in [3.8, 4) is 5.75 Å². The van der Waals surface area contributed by atoms with Crippen LogP contribution in [0.1, 0.15) is 73.3 Å². The van der Waals surface area contributed by atoms with E-state index in [4.69, 9.17) is 18.5 Å². The van der Waals surface area contributed by atoms with Crippen LogP contribution < -0.4 is 15.4 Å². The molecule has 0 aliphatic carbocycles. The van der Waals surface area contributed by atoms with E-state index in [1.54, 1.807) is 52.8 Å². The largest absolute Gasteiger partial charge is 0.490 e. The van der Waals surface area contributed by atoms with Gasteiger partial charge in [-0.15, -0.1) is 0 Å². The lowest BCUT2D eigenvalue weighted by molar-refractivity contribution is -0.00835. The number of aliphatic hydroxyl groups excluding tert-OH is 1. The number of ether oxygens (including phenoxy) is 2. The molecule has 0 fully saturated rings. The number of aryl methyl sites for hydroxylation is 4. The Labute approximate surface area is 287 Å². The summed E-state index contributed by atoms with van der Waals surface area (Å²) in [6.45, 7) is 12.2. The van der Waals surface area contributed by atoms with Crippen LogP contribution in [0.25, 0.3) is 0 Å². The second-order valence-electron chi connectivity index (χ2n) is 12.7. The minimum absolute atomic E-state index is 0.00745. The standard InChI is InChI=1S/C33H48N6O9S/c1-19-16-39(20(2)18-40)32(41)27-15-26(34-33(42)35-30-22(4)36-47-24(30)6)12-13-28(27)46-21(3)11-9-10-14-45-29(19)17-38(8)49(43,44)31-23(5)37-48-25(31)7/h12-13,15,19-21,29,40H,9-11,14,16-18H2,1-8H3,(H2,34,35,42)/t19-,20+,21-,29-/m0/s1. The predicted octanol–water partition coefficient (Wildman–Crippen LogP) is 4.66. The van der Waals surface area contributed by atoms with Gasteiger partial charge in [0.1, 0.15) is 27.7 Å². The van der Waals surface area contributed by atoms with Crippen LogP contribution >= 0.6 is 0 Å². The van der Waals surface area contributed by atoms with Crippen LogP contribution in [0, 0.1) is 33.6 Å². The molecule has 49 heavy (non-hydrogen) atoms. The summed E-state index contributed by atoms with van der Waals surface area (Å²) in [5.41, 5.74) is 1.77. The van der Waals surface area contributed by atoms with E-state index in [1.165, 1.54) is 16.3 Å². The second-order valence-corrected chi connectivity index (χ2v) is 14.7. The van der Waals surface area contributed by atoms with Crippen molar-refractivity contribution in [1.29, 1.82) is 0 Å². The summed E-state index contributed by atoms with van der Waals surface area (Å²) in [5, 5.41) is 23.4. The lowest BCUT2D eigenvalue weighted by Gasteiger charge is -2.35. The fourth-order valence-corrected chi connectivity index (χ4v) is 7.22. The fraction of sp³-hybridized carbons (Fsp3) is 0.576. The van der Waals surface area contributed by atoms with Gasteiger partial charge in [-0.25, -0.2) is 13.2 Å². The van der Waals surface area contributed by atoms with Crippen molar-refractivity contribution in [2.45, 2.75) is 90.9 Å². The lowest BCUT2D eigenvalue weighted by atomic mass is 10.0. The van der Waals surface area contributed by atoms with Gasteiger partial charge in [0.05, 0.1) is 30.4 Å². The monoisotopic (exact) mass is 704 g/mol. The number of carbonyl (C=O) groups excluding carboxylic acids is 2. The third-order valence-electron chi connectivity index (χ3n) is 8.65. The Balaban J connectivity index is 1.64. The smallest absolute Gasteiger partial charge is 0.323 e. The highest BCUT2D eigenvalue weighted by molar-refractivity contribution is 7.89. The Bertz CT molecular complexity index is 1680. The average Bonchev–Trinajstić information content (AvgIpc) is 3.56. The number of nitrogens with zero attached hydrogens (tertiary/aromatic N) is 4. The van der Waals surface area contributed by atoms with E-state index in [2.05, 4.69) is 20.9 Å². The van der Waals surface area contributed by atoms with Gasteiger partial charge in [0.15, 0.2) is 11.5 Å². The molecule has 0 spiro atoms. The van der Waals surface area contributed by atoms with Crippen LogP contribution in [0.5, 0.6) is 5.75 Å². The SMILES string of the molecule is Cc1noc(C)c1NC(=O)Nc1ccc2c(c1)C(=O)N([C@H](C)CO)C[C@H](C)[C@H](CN(C)S(=O)(=O)c1c(C)noc1C)OCCCC[C@H](C)O2. The molecule has 3 heterocycles. The number of anilines is 2. The molecular weight excluding hydrogens is 656 g/mol. The topological polar surface area (TPSA) is 190 Å². The number of urea groups is 1. The maximum absolute atomic E-state index is 14.4. The first-order chi connectivity index (χ1) is 23.1. The Hall–Kier alpha value is -3.99. The summed E-state index contributed by atoms with van der Waals surface area (Å²) in [7, 11) is -2.48. The second kappa shape index (κ2) is 16.1. The molecule has 3 N–H and O–H groups in total. The molecule has 1 aliphatic heterocycles. The molecule has 4 rings (SSSR count). The van der Waals surface area contributed by atoms with Crippen LogP contribution in [0.3, 0.4) is 0 Å². The first-order valence-electron chi connectivity index (χ1n) is 16.4. The van der Waals surface area contributed by atoms with Crippen molar-refractivity contribution in [3.63, 3.8) is 0 Å². The first-order valence-corrected chi connectivity index (χ1v) is 17.8. The highest BCUT2D eigenvalue weighted by atomic mass is 32.2. The molecule has 15 nitrogen and oxygen atoms in total. The third-order valence-corrected chi connectivity index (χ3v) is 10.7. The Morgan fingerprint density at radius 3 is 2.41 bits per heavy atom. The van der Waals surface area contributed by atoms with Gasteiger partial charge < -0.3 is 39.2 Å². The molecular formula is C33H48N6O9S. The van der Waals surface area contributed by atoms with Crippen LogP contribution in [0.15, 0.2) is 32.1 Å². The Morgan fingerprint density at radius 1 is 1.08 bits per heavy atom. The van der Waals surface area contributed by atoms with Gasteiger partial charge >= 0.3 is 6.03 Å². The molecule has 0 radical (unpaired) electrons. The highest BCUT2D eigenvalue weighted by Gasteiger charge is 2.34. The van der Waals surface area contributed by atoms with E-state index >= 15 is 0 Å². The molecule has 2 aromatic heterocycles. The number of amides is 3. The number of aromatic nitrogens is 2. The van der Waals surface area contributed by atoms with Crippen LogP contribution in [-0.2, 0) is 14.8 Å². The number of sulfonamides is 1. The van der Waals surface area contributed by atoms with Crippen molar-refractivity contribution in [3.05, 3.63) is 46.7 Å². The molecule has 270 valence electrons. The fourth-order valence-electron chi connectivity index (χ4n) is 5.75. The summed E-state index contributed by atoms with van der Waals surface area (Å²) < 4.78 is 51.2. The van der Waals surface area contributed by atoms with Crippen molar-refractivity contribution in [1.82, 2.24) is 19.5 Å². The molecule has 4 atom stereocenters. The van der Waals surface area contributed by atoms with Crippen molar-refractivity contribution in [2.24, 2.45) is 5.92 Å². The zero-order valence-electron chi connectivity index (χ0n) is 29.4. The van der Waals surface area contributed by atoms with Gasteiger partial charge in [-0.05, 0) is 79.0 Å². The normalized spacial score (nSPS) is 20.3. The van der Waals surface area contributed by atoms with E-state index in [0.29, 0.717) is 48.0 Å². The zero-order chi connectivity index (χ0) is 36.0. The number of rotatable bonds is 8. The highest BCUT2D eigenvalue weighted by Crippen LogP contribution is 2.30. The molecule has 0 saturated carbocycles. The van der Waals surface area contributed by atoms with Crippen LogP contribution in [0.4, 0.5) is 16.2 Å². The zero-order valence-corrected chi connectivity index (χ0v) is 30.2. The quantitative estimate of drug-likeness (QED) is 0.296. The summed E-state index contributed by atoms with van der Waals surface area (Å²) >= 11 is 0. The number of benzene rings is 1. The summed E-state index contributed by atoms with van der Waals surface area (Å²) in [5.74, 6) is 0.188. The summed E-state index contributed by atoms with van der Waals surface area (Å²) in [6, 6.07) is 3.67. The molecule has 0 bridgehead atoms. The number of fused-ring (bicyclic) bond motifs is 1. The Kier molecular flexibility index (Phi) is 12.5. The van der Waals surface area contributed by atoms with Gasteiger partial charge in [0.2, 0.25) is 10.0 Å². The van der Waals surface area contributed by atoms with Gasteiger partial charge in [-0.1, -0.05) is 17.2 Å². The molecule has 0 saturated heterocycles. The van der Waals surface area contributed by atoms with Crippen molar-refractivity contribution >= 4 is 33.3 Å². The number of carbonyl (C=O) groups is 2. The first kappa shape index (κ1) is 37.8. The molecule has 1 aliphatic rings. The van der Waals surface area contributed by atoms with E-state index < -0.39 is 34.1 Å². The predicted molar refractivity (Wildman–Crippen MR) is 181 cm³/mol. The van der Waals surface area contributed by atoms with Crippen LogP contribution in [-0.4, -0.2) is 96.6 Å². The maximum Gasteiger partial charge on any atom is 0.323 e. The lowest BCUT2D eigenvalue weighted by Crippen LogP contribution is -2.48. The minimum Gasteiger partial charge on any atom is -0.490 e. The summed E-state index contributed by atoms with van der Waals surface area (Å²) in [4.78, 5) is 28.8. The van der Waals surface area contributed by atoms with E-state index in [9.17, 15) is 23.1 Å². The number of nitrogens with one attached hydrogen (secondary N) is 2. The van der Waals surface area contributed by atoms with Gasteiger partial charge in [0, 0.05) is 38.3 Å². The molecule has 3 amide bonds. The Morgan fingerprint density at radius 2 is 1.78 bits per heavy atom. The number of hydrogen-bond donors (Lipinski definition) is 3. The van der Waals surface area contributed by atoms with Gasteiger partial charge in [-0.2, -0.15) is 4.31 Å². The number of likely N-dealkylation sites (N-methyl/N-ethyl adjacent to an activating group) is 1. The van der Waals surface area contributed by atoms with Gasteiger partial charge in [0.25, 0.3) is 5.91 Å². The van der Waals surface area contributed by atoms with Crippen molar-refractivity contribution in [2.75, 3.05) is 44.0 Å². The number of hydrogen-bond acceptors (Lipinski definition) is 11. The molecule has 1 aromatic carbocycles. The van der Waals surface area contributed by atoms with E-state index in [1.807, 2.05) is 13.8 Å². The summed E-state index contributed by atoms with van der Waals surface area (Å²) in [6.07, 6.45) is 1.31. The molecule has 16 heteroatoms. The average molecular weight is 705 g/mol. The number of aliphatic hydroxyl groups is 1. The van der Waals surface area contributed by atoms with Crippen molar-refractivity contribution < 1.29 is 41.6 Å². The van der Waals surface area contributed by atoms with Gasteiger partial charge in [-0.3, -0.25) is 4.79 Å². The molecule has 0 unspecified atom stereocenters. The minimum atomic E-state index is -3.96. The third kappa shape index (κ3) is 8.98. The van der Waals surface area contributed by atoms with E-state index in [-0.39, 0.29) is 53.6 Å². The van der Waals surface area contributed by atoms with E-state index in [0.717, 1.165) is 6.42 Å². The van der Waals surface area contributed by atoms with Crippen LogP contribution in [0.2, 0.25) is 0 Å². The molecule has 3 aromatic rings.